The number of anilines is 1. The second-order valence-corrected chi connectivity index (χ2v) is 6.32. The maximum Gasteiger partial charge on any atom is 0.433 e. The molecule has 0 unspecified atom stereocenters. The second-order valence-electron chi connectivity index (χ2n) is 6.32. The zero-order chi connectivity index (χ0) is 17.3. The monoisotopic (exact) mass is 336 g/mol. The van der Waals surface area contributed by atoms with Crippen LogP contribution < -0.4 is 5.32 Å². The van der Waals surface area contributed by atoms with Crippen LogP contribution >= 0.6 is 0 Å². The average molecular weight is 336 g/mol. The van der Waals surface area contributed by atoms with Gasteiger partial charge < -0.3 is 5.32 Å². The van der Waals surface area contributed by atoms with E-state index in [2.05, 4.69) is 10.3 Å². The lowest BCUT2D eigenvalue weighted by atomic mass is 9.95. The van der Waals surface area contributed by atoms with E-state index in [1.54, 1.807) is 6.07 Å². The number of carbonyl (C=O) groups excluding carboxylic acids is 1. The Bertz CT molecular complexity index is 765. The molecule has 0 saturated heterocycles. The number of benzene rings is 1. The van der Waals surface area contributed by atoms with E-state index >= 15 is 0 Å². The van der Waals surface area contributed by atoms with Crippen molar-refractivity contribution in [3.63, 3.8) is 0 Å². The van der Waals surface area contributed by atoms with Crippen LogP contribution in [0.5, 0.6) is 0 Å². The number of carbonyl (C=O) groups is 1. The minimum absolute atomic E-state index is 0.125. The van der Waals surface area contributed by atoms with Gasteiger partial charge in [-0.05, 0) is 44.0 Å². The fourth-order valence-electron chi connectivity index (χ4n) is 3.18. The average Bonchev–Trinajstić information content (AvgIpc) is 2.54. The molecule has 24 heavy (non-hydrogen) atoms. The molecule has 2 aromatic rings. The summed E-state index contributed by atoms with van der Waals surface area (Å²) in [4.78, 5) is 15.3. The normalized spacial score (nSPS) is 16.3. The van der Waals surface area contributed by atoms with E-state index in [9.17, 15) is 18.0 Å². The number of hydrogen-bond donors (Lipinski definition) is 1. The number of Topliss-reactive ketones (excluding diaryl/α,β-unsaturated/α-hetero) is 1. The molecule has 3 rings (SSSR count). The number of ketones is 1. The Labute approximate surface area is 138 Å². The molecule has 1 aromatic heterocycles. The number of pyridine rings is 1. The van der Waals surface area contributed by atoms with Gasteiger partial charge in [-0.2, -0.15) is 13.2 Å². The first-order valence-electron chi connectivity index (χ1n) is 8.14. The maximum atomic E-state index is 13.1. The van der Waals surface area contributed by atoms with Crippen molar-refractivity contribution in [2.75, 3.05) is 5.32 Å². The predicted octanol–water partition coefficient (Wildman–Crippen LogP) is 5.20. The maximum absolute atomic E-state index is 13.1. The number of alkyl halides is 3. The quantitative estimate of drug-likeness (QED) is 0.783. The van der Waals surface area contributed by atoms with Crippen molar-refractivity contribution in [1.29, 1.82) is 0 Å². The van der Waals surface area contributed by atoms with Gasteiger partial charge in [-0.15, -0.1) is 0 Å². The van der Waals surface area contributed by atoms with Crippen molar-refractivity contribution in [2.45, 2.75) is 51.2 Å². The van der Waals surface area contributed by atoms with E-state index < -0.39 is 11.9 Å². The molecule has 1 N–H and O–H groups in total. The van der Waals surface area contributed by atoms with Crippen LogP contribution in [0.4, 0.5) is 18.9 Å². The molecule has 0 atom stereocenters. The smallest absolute Gasteiger partial charge is 0.382 e. The van der Waals surface area contributed by atoms with Crippen LogP contribution in [-0.4, -0.2) is 16.8 Å². The lowest BCUT2D eigenvalue weighted by molar-refractivity contribution is -0.140. The minimum Gasteiger partial charge on any atom is -0.382 e. The lowest BCUT2D eigenvalue weighted by Crippen LogP contribution is -2.23. The van der Waals surface area contributed by atoms with Crippen LogP contribution in [0.2, 0.25) is 0 Å². The van der Waals surface area contributed by atoms with Gasteiger partial charge in [0.05, 0.1) is 5.52 Å². The van der Waals surface area contributed by atoms with Gasteiger partial charge in [0.2, 0.25) is 0 Å². The van der Waals surface area contributed by atoms with Gasteiger partial charge in [-0.25, -0.2) is 4.98 Å². The van der Waals surface area contributed by atoms with E-state index in [0.29, 0.717) is 16.6 Å². The second kappa shape index (κ2) is 6.42. The van der Waals surface area contributed by atoms with Crippen LogP contribution in [0.1, 0.15) is 55.1 Å². The number of hydrogen-bond acceptors (Lipinski definition) is 3. The fourth-order valence-corrected chi connectivity index (χ4v) is 3.18. The summed E-state index contributed by atoms with van der Waals surface area (Å²) in [6.45, 7) is 1.44. The Balaban J connectivity index is 2.09. The summed E-state index contributed by atoms with van der Waals surface area (Å²) in [7, 11) is 0. The largest absolute Gasteiger partial charge is 0.433 e. The van der Waals surface area contributed by atoms with Crippen molar-refractivity contribution in [1.82, 2.24) is 4.98 Å². The molecule has 1 aliphatic rings. The number of aromatic nitrogens is 1. The molecule has 6 heteroatoms. The molecule has 0 spiro atoms. The van der Waals surface area contributed by atoms with Gasteiger partial charge in [-0.3, -0.25) is 4.79 Å². The van der Waals surface area contributed by atoms with Crippen molar-refractivity contribution >= 4 is 22.4 Å². The van der Waals surface area contributed by atoms with E-state index in [1.165, 1.54) is 19.1 Å². The number of rotatable bonds is 3. The molecule has 1 saturated carbocycles. The van der Waals surface area contributed by atoms with Crippen LogP contribution in [0.15, 0.2) is 24.3 Å². The minimum atomic E-state index is -4.50. The van der Waals surface area contributed by atoms with Gasteiger partial charge in [0, 0.05) is 22.7 Å². The number of halogens is 3. The molecule has 128 valence electrons. The Kier molecular flexibility index (Phi) is 4.47. The highest BCUT2D eigenvalue weighted by atomic mass is 19.4. The Morgan fingerprint density at radius 3 is 2.50 bits per heavy atom. The molecule has 1 heterocycles. The first-order valence-corrected chi connectivity index (χ1v) is 8.14. The third-order valence-electron chi connectivity index (χ3n) is 4.47. The zero-order valence-electron chi connectivity index (χ0n) is 13.4. The first kappa shape index (κ1) is 16.7. The summed E-state index contributed by atoms with van der Waals surface area (Å²) < 4.78 is 39.4. The van der Waals surface area contributed by atoms with Gasteiger partial charge >= 0.3 is 6.18 Å². The van der Waals surface area contributed by atoms with Gasteiger partial charge in [0.1, 0.15) is 5.69 Å². The SMILES string of the molecule is CC(=O)c1ccc2nc(C(F)(F)F)cc(NC3CCCCC3)c2c1. The number of fused-ring (bicyclic) bond motifs is 1. The molecule has 3 nitrogen and oxygen atoms in total. The van der Waals surface area contributed by atoms with E-state index in [0.717, 1.165) is 38.2 Å². The number of nitrogens with one attached hydrogen (secondary N) is 1. The Morgan fingerprint density at radius 2 is 1.88 bits per heavy atom. The highest BCUT2D eigenvalue weighted by Gasteiger charge is 2.33. The van der Waals surface area contributed by atoms with Crippen molar-refractivity contribution in [3.05, 3.63) is 35.5 Å². The highest BCUT2D eigenvalue weighted by Crippen LogP contribution is 2.34. The molecular formula is C18H19F3N2O. The summed E-state index contributed by atoms with van der Waals surface area (Å²) in [5.41, 5.74) is 0.204. The fraction of sp³-hybridized carbons (Fsp3) is 0.444. The van der Waals surface area contributed by atoms with Crippen molar-refractivity contribution in [2.24, 2.45) is 0 Å². The predicted molar refractivity (Wildman–Crippen MR) is 87.2 cm³/mol. The molecular weight excluding hydrogens is 317 g/mol. The van der Waals surface area contributed by atoms with Crippen LogP contribution in [0, 0.1) is 0 Å². The van der Waals surface area contributed by atoms with Crippen LogP contribution in [0.25, 0.3) is 10.9 Å². The third kappa shape index (κ3) is 3.52. The summed E-state index contributed by atoms with van der Waals surface area (Å²) >= 11 is 0. The Morgan fingerprint density at radius 1 is 1.17 bits per heavy atom. The van der Waals surface area contributed by atoms with Gasteiger partial charge in [0.15, 0.2) is 5.78 Å². The molecule has 0 amide bonds. The van der Waals surface area contributed by atoms with Crippen LogP contribution in [-0.2, 0) is 6.18 Å². The molecule has 1 aliphatic carbocycles. The first-order chi connectivity index (χ1) is 11.3. The zero-order valence-corrected chi connectivity index (χ0v) is 13.4. The van der Waals surface area contributed by atoms with Gasteiger partial charge in [0.25, 0.3) is 0 Å². The van der Waals surface area contributed by atoms with E-state index in [1.807, 2.05) is 0 Å². The summed E-state index contributed by atoms with van der Waals surface area (Å²) in [5, 5.41) is 3.81. The van der Waals surface area contributed by atoms with E-state index in [-0.39, 0.29) is 17.3 Å². The lowest BCUT2D eigenvalue weighted by Gasteiger charge is -2.25. The summed E-state index contributed by atoms with van der Waals surface area (Å²) in [6.07, 6.45) is 0.695. The molecule has 0 bridgehead atoms. The van der Waals surface area contributed by atoms with E-state index in [4.69, 9.17) is 0 Å². The van der Waals surface area contributed by atoms with Gasteiger partial charge in [-0.1, -0.05) is 19.3 Å². The van der Waals surface area contributed by atoms with Crippen molar-refractivity contribution < 1.29 is 18.0 Å². The highest BCUT2D eigenvalue weighted by molar-refractivity contribution is 6.01. The molecule has 1 fully saturated rings. The summed E-state index contributed by atoms with van der Waals surface area (Å²) in [6, 6.07) is 5.83. The molecule has 0 radical (unpaired) electrons. The topological polar surface area (TPSA) is 42.0 Å². The van der Waals surface area contributed by atoms with Crippen LogP contribution in [0.3, 0.4) is 0 Å². The summed E-state index contributed by atoms with van der Waals surface area (Å²) in [5.74, 6) is -0.125. The third-order valence-corrected chi connectivity index (χ3v) is 4.47. The molecule has 0 aliphatic heterocycles. The standard InChI is InChI=1S/C18H19F3N2O/c1-11(24)12-7-8-15-14(9-12)16(10-17(23-15)18(19,20)21)22-13-5-3-2-4-6-13/h7-10,13H,2-6H2,1H3,(H,22,23). The Hall–Kier alpha value is -2.11. The van der Waals surface area contributed by atoms with Crippen molar-refractivity contribution in [3.8, 4) is 0 Å². The number of nitrogens with zero attached hydrogens (tertiary/aromatic N) is 1. The molecule has 1 aromatic carbocycles.